The summed E-state index contributed by atoms with van der Waals surface area (Å²) in [5.74, 6) is 0. The molecule has 6 heteroatoms. The smallest absolute Gasteiger partial charge is 0.0683 e. The maximum atomic E-state index is 8.34. The number of allylic oxidation sites excluding steroid dienone is 3. The molecule has 0 bridgehead atoms. The van der Waals surface area contributed by atoms with Crippen LogP contribution < -0.4 is 0 Å². The number of hydrogen-bond acceptors (Lipinski definition) is 3. The number of pyridine rings is 1. The van der Waals surface area contributed by atoms with Gasteiger partial charge in [0.2, 0.25) is 0 Å². The molecule has 1 aromatic rings. The number of nitrogens with zero attached hydrogens (tertiary/aromatic N) is 4. The third-order valence-corrected chi connectivity index (χ3v) is 5.57. The SMILES string of the molecule is C=Cc1cnccc1/C(=C\C=C/C)I(C)ON=[N+]=[N-].CC. The van der Waals surface area contributed by atoms with Gasteiger partial charge in [0.15, 0.2) is 0 Å². The molecule has 0 aliphatic carbocycles. The fourth-order valence-electron chi connectivity index (χ4n) is 1.39. The molecule has 114 valence electrons. The Hall–Kier alpha value is -1.79. The van der Waals surface area contributed by atoms with Crippen LogP contribution in [-0.4, -0.2) is 9.91 Å². The second-order valence-electron chi connectivity index (χ2n) is 3.37. The Morgan fingerprint density at radius 2 is 2.24 bits per heavy atom. The summed E-state index contributed by atoms with van der Waals surface area (Å²) in [5, 5.41) is 3.23. The van der Waals surface area contributed by atoms with Crippen molar-refractivity contribution >= 4 is 29.9 Å². The van der Waals surface area contributed by atoms with E-state index < -0.39 is 20.2 Å². The van der Waals surface area contributed by atoms with Gasteiger partial charge in [-0.1, -0.05) is 13.8 Å². The van der Waals surface area contributed by atoms with E-state index in [0.717, 1.165) is 14.7 Å². The van der Waals surface area contributed by atoms with E-state index in [1.54, 1.807) is 18.5 Å². The summed E-state index contributed by atoms with van der Waals surface area (Å²) in [6, 6.07) is 1.92. The molecule has 0 aliphatic heterocycles. The maximum Gasteiger partial charge on any atom is -0.0683 e. The number of rotatable bonds is 6. The molecule has 0 N–H and O–H groups in total. The summed E-state index contributed by atoms with van der Waals surface area (Å²) in [5.41, 5.74) is 10.3. The molecule has 0 aromatic carbocycles. The molecule has 0 saturated carbocycles. The van der Waals surface area contributed by atoms with Gasteiger partial charge in [0, 0.05) is 0 Å². The van der Waals surface area contributed by atoms with Crippen molar-refractivity contribution in [3.63, 3.8) is 0 Å². The van der Waals surface area contributed by atoms with Gasteiger partial charge in [-0.2, -0.15) is 0 Å². The van der Waals surface area contributed by atoms with E-state index >= 15 is 0 Å². The zero-order chi connectivity index (χ0) is 16.1. The molecule has 0 radical (unpaired) electrons. The van der Waals surface area contributed by atoms with E-state index in [-0.39, 0.29) is 0 Å². The van der Waals surface area contributed by atoms with Gasteiger partial charge in [0.25, 0.3) is 0 Å². The van der Waals surface area contributed by atoms with Crippen LogP contribution in [-0.2, 0) is 3.17 Å². The molecule has 1 heterocycles. The van der Waals surface area contributed by atoms with Crippen LogP contribution in [0.25, 0.3) is 20.1 Å². The third-order valence-electron chi connectivity index (χ3n) is 2.22. The van der Waals surface area contributed by atoms with Gasteiger partial charge in [0.05, 0.1) is 0 Å². The van der Waals surface area contributed by atoms with Crippen molar-refractivity contribution in [3.8, 4) is 0 Å². The molecule has 5 nitrogen and oxygen atoms in total. The van der Waals surface area contributed by atoms with Crippen molar-refractivity contribution in [1.82, 2.24) is 4.98 Å². The first-order chi connectivity index (χ1) is 10.2. The monoisotopic (exact) mass is 400 g/mol. The average molecular weight is 400 g/mol. The minimum Gasteiger partial charge on any atom is -0.0683 e. The molecule has 21 heavy (non-hydrogen) atoms. The fraction of sp³-hybridized carbons (Fsp3) is 0.267. The Bertz CT molecular complexity index is 548. The summed E-state index contributed by atoms with van der Waals surface area (Å²) in [7, 11) is 0. The first-order valence-corrected chi connectivity index (χ1v) is 10.6. The Morgan fingerprint density at radius 1 is 1.52 bits per heavy atom. The number of alkyl halides is 1. The molecule has 0 spiro atoms. The topological polar surface area (TPSA) is 70.9 Å². The predicted molar refractivity (Wildman–Crippen MR) is 98.6 cm³/mol. The number of aromatic nitrogens is 1. The van der Waals surface area contributed by atoms with E-state index in [0.29, 0.717) is 0 Å². The van der Waals surface area contributed by atoms with Gasteiger partial charge in [-0.3, -0.25) is 0 Å². The Morgan fingerprint density at radius 3 is 2.81 bits per heavy atom. The summed E-state index contributed by atoms with van der Waals surface area (Å²) in [6.07, 6.45) is 11.1. The molecular formula is C15H21IN4O. The van der Waals surface area contributed by atoms with E-state index in [1.165, 1.54) is 0 Å². The van der Waals surface area contributed by atoms with Crippen molar-refractivity contribution in [2.24, 2.45) is 5.28 Å². The first-order valence-electron chi connectivity index (χ1n) is 6.46. The van der Waals surface area contributed by atoms with Crippen LogP contribution in [0, 0.1) is 0 Å². The largest absolute Gasteiger partial charge is 0.0683 e. The molecule has 0 unspecified atom stereocenters. The Balaban J connectivity index is 0.00000191. The van der Waals surface area contributed by atoms with E-state index in [2.05, 4.69) is 21.8 Å². The van der Waals surface area contributed by atoms with Crippen LogP contribution in [0.15, 0.2) is 48.5 Å². The quantitative estimate of drug-likeness (QED) is 0.112. The normalized spacial score (nSPS) is 11.0. The molecule has 0 aliphatic rings. The number of azide groups is 1. The molecule has 0 saturated heterocycles. The van der Waals surface area contributed by atoms with Crippen LogP contribution >= 0.6 is 20.2 Å². The summed E-state index contributed by atoms with van der Waals surface area (Å²) in [6.45, 7) is 9.73. The second kappa shape index (κ2) is 12.0. The molecule has 0 amide bonds. The predicted octanol–water partition coefficient (Wildman–Crippen LogP) is 5.96. The summed E-state index contributed by atoms with van der Waals surface area (Å²) >= 11 is -2.01. The minimum absolute atomic E-state index is 0.937. The van der Waals surface area contributed by atoms with Crippen LogP contribution in [0.4, 0.5) is 0 Å². The Kier molecular flexibility index (Phi) is 11.0. The van der Waals surface area contributed by atoms with Crippen molar-refractivity contribution in [1.29, 1.82) is 0 Å². The van der Waals surface area contributed by atoms with E-state index in [1.807, 2.05) is 50.0 Å². The molecule has 0 atom stereocenters. The summed E-state index contributed by atoms with van der Waals surface area (Å²) < 4.78 is 6.26. The molecule has 1 rings (SSSR count). The van der Waals surface area contributed by atoms with Crippen molar-refractivity contribution in [2.75, 3.05) is 4.93 Å². The summed E-state index contributed by atoms with van der Waals surface area (Å²) in [4.78, 5) is 8.69. The van der Waals surface area contributed by atoms with Gasteiger partial charge >= 0.3 is 120 Å². The van der Waals surface area contributed by atoms with Crippen LogP contribution in [0.3, 0.4) is 0 Å². The first kappa shape index (κ1) is 19.2. The third kappa shape index (κ3) is 6.46. The number of halogens is 1. The standard InChI is InChI=1S/C13H15IN4O.C2H6/c1-4-6-7-13(14(3)19-18-17-15)12-8-9-16-10-11(12)5-2;1-2/h4-10H,2H2,1,3H3;1-2H3/b6-4-,13-7+;. The average Bonchev–Trinajstić information content (AvgIpc) is 2.55. The fourth-order valence-corrected chi connectivity index (χ4v) is 3.97. The van der Waals surface area contributed by atoms with Crippen molar-refractivity contribution in [2.45, 2.75) is 20.8 Å². The Labute approximate surface area is 133 Å². The molecule has 0 fully saturated rings. The molecule has 1 aromatic heterocycles. The maximum absolute atomic E-state index is 8.34. The minimum atomic E-state index is -2.01. The van der Waals surface area contributed by atoms with Gasteiger partial charge in [-0.05, 0) is 0 Å². The second-order valence-corrected chi connectivity index (χ2v) is 7.32. The van der Waals surface area contributed by atoms with Crippen LogP contribution in [0.1, 0.15) is 31.9 Å². The van der Waals surface area contributed by atoms with Gasteiger partial charge in [-0.25, -0.2) is 0 Å². The van der Waals surface area contributed by atoms with Crippen LogP contribution in [0.5, 0.6) is 0 Å². The van der Waals surface area contributed by atoms with Gasteiger partial charge < -0.3 is 0 Å². The van der Waals surface area contributed by atoms with E-state index in [9.17, 15) is 0 Å². The van der Waals surface area contributed by atoms with Crippen LogP contribution in [0.2, 0.25) is 0 Å². The van der Waals surface area contributed by atoms with Crippen molar-refractivity contribution in [3.05, 3.63) is 64.8 Å². The zero-order valence-electron chi connectivity index (χ0n) is 12.8. The van der Waals surface area contributed by atoms with E-state index in [4.69, 9.17) is 8.70 Å². The van der Waals surface area contributed by atoms with Gasteiger partial charge in [0.1, 0.15) is 0 Å². The van der Waals surface area contributed by atoms with Crippen molar-refractivity contribution < 1.29 is 3.17 Å². The van der Waals surface area contributed by atoms with Gasteiger partial charge in [-0.15, -0.1) is 0 Å². The molecular weight excluding hydrogens is 379 g/mol. The zero-order valence-corrected chi connectivity index (χ0v) is 15.0. The number of hydrogen-bond donors (Lipinski definition) is 0.